The number of hydrogen-bond acceptors (Lipinski definition) is 4. The van der Waals surface area contributed by atoms with E-state index in [9.17, 15) is 4.79 Å². The van der Waals surface area contributed by atoms with Gasteiger partial charge in [-0.3, -0.25) is 4.79 Å². The van der Waals surface area contributed by atoms with E-state index in [1.165, 1.54) is 7.11 Å². The SMILES string of the molecule is COC(=O)C(C)(CN)CCOC(C)C. The van der Waals surface area contributed by atoms with Gasteiger partial charge in [0, 0.05) is 13.2 Å². The molecule has 0 aliphatic heterocycles. The van der Waals surface area contributed by atoms with Crippen LogP contribution in [0, 0.1) is 5.41 Å². The third-order valence-corrected chi connectivity index (χ3v) is 2.23. The lowest BCUT2D eigenvalue weighted by Gasteiger charge is -2.24. The van der Waals surface area contributed by atoms with Crippen LogP contribution < -0.4 is 5.73 Å². The second kappa shape index (κ2) is 5.98. The predicted octanol–water partition coefficient (Wildman–Crippen LogP) is 0.939. The highest BCUT2D eigenvalue weighted by Gasteiger charge is 2.32. The fourth-order valence-electron chi connectivity index (χ4n) is 1.05. The highest BCUT2D eigenvalue weighted by atomic mass is 16.5. The van der Waals surface area contributed by atoms with Crippen molar-refractivity contribution in [2.75, 3.05) is 20.3 Å². The fourth-order valence-corrected chi connectivity index (χ4v) is 1.05. The summed E-state index contributed by atoms with van der Waals surface area (Å²) in [5, 5.41) is 0. The largest absolute Gasteiger partial charge is 0.469 e. The van der Waals surface area contributed by atoms with Gasteiger partial charge in [0.15, 0.2) is 0 Å². The monoisotopic (exact) mass is 203 g/mol. The van der Waals surface area contributed by atoms with E-state index in [4.69, 9.17) is 10.5 Å². The zero-order chi connectivity index (χ0) is 11.2. The van der Waals surface area contributed by atoms with Gasteiger partial charge in [-0.15, -0.1) is 0 Å². The van der Waals surface area contributed by atoms with Crippen LogP contribution in [0.3, 0.4) is 0 Å². The van der Waals surface area contributed by atoms with Crippen LogP contribution in [-0.4, -0.2) is 32.3 Å². The number of rotatable bonds is 6. The van der Waals surface area contributed by atoms with Gasteiger partial charge in [-0.1, -0.05) is 0 Å². The molecule has 0 heterocycles. The van der Waals surface area contributed by atoms with Gasteiger partial charge >= 0.3 is 5.97 Å². The molecule has 0 aromatic rings. The minimum absolute atomic E-state index is 0.176. The zero-order valence-electron chi connectivity index (χ0n) is 9.50. The lowest BCUT2D eigenvalue weighted by molar-refractivity contribution is -0.152. The van der Waals surface area contributed by atoms with E-state index in [1.807, 2.05) is 13.8 Å². The Bertz CT molecular complexity index is 182. The first-order valence-electron chi connectivity index (χ1n) is 4.86. The minimum Gasteiger partial charge on any atom is -0.469 e. The van der Waals surface area contributed by atoms with Gasteiger partial charge in [0.2, 0.25) is 0 Å². The number of carbonyl (C=O) groups excluding carboxylic acids is 1. The Kier molecular flexibility index (Phi) is 5.72. The molecule has 0 rings (SSSR count). The molecule has 0 radical (unpaired) electrons. The maximum absolute atomic E-state index is 11.4. The second-order valence-electron chi connectivity index (χ2n) is 3.93. The van der Waals surface area contributed by atoms with Crippen molar-refractivity contribution in [3.05, 3.63) is 0 Å². The van der Waals surface area contributed by atoms with Crippen molar-refractivity contribution in [2.45, 2.75) is 33.3 Å². The summed E-state index contributed by atoms with van der Waals surface area (Å²) in [5.74, 6) is -0.271. The standard InChI is InChI=1S/C10H21NO3/c1-8(2)14-6-5-10(3,7-11)9(12)13-4/h8H,5-7,11H2,1-4H3. The first kappa shape index (κ1) is 13.4. The summed E-state index contributed by atoms with van der Waals surface area (Å²) in [7, 11) is 1.37. The van der Waals surface area contributed by atoms with E-state index in [1.54, 1.807) is 6.92 Å². The number of ether oxygens (including phenoxy) is 2. The van der Waals surface area contributed by atoms with Crippen molar-refractivity contribution in [1.29, 1.82) is 0 Å². The fraction of sp³-hybridized carbons (Fsp3) is 0.900. The Morgan fingerprint density at radius 3 is 2.43 bits per heavy atom. The summed E-state index contributed by atoms with van der Waals surface area (Å²) in [6.45, 7) is 6.51. The molecule has 0 aliphatic carbocycles. The Balaban J connectivity index is 4.06. The van der Waals surface area contributed by atoms with Crippen LogP contribution >= 0.6 is 0 Å². The van der Waals surface area contributed by atoms with Crippen molar-refractivity contribution in [3.8, 4) is 0 Å². The molecular formula is C10H21NO3. The summed E-state index contributed by atoms with van der Waals surface area (Å²) in [4.78, 5) is 11.4. The maximum atomic E-state index is 11.4. The number of hydrogen-bond donors (Lipinski definition) is 1. The second-order valence-corrected chi connectivity index (χ2v) is 3.93. The summed E-state index contributed by atoms with van der Waals surface area (Å²) in [6.07, 6.45) is 0.767. The molecule has 84 valence electrons. The Labute approximate surface area is 85.8 Å². The Hall–Kier alpha value is -0.610. The molecule has 4 heteroatoms. The first-order chi connectivity index (χ1) is 6.46. The van der Waals surface area contributed by atoms with Crippen LogP contribution in [0.1, 0.15) is 27.2 Å². The molecule has 0 aliphatic rings. The predicted molar refractivity (Wildman–Crippen MR) is 54.9 cm³/mol. The molecule has 0 aromatic carbocycles. The van der Waals surface area contributed by atoms with E-state index in [0.29, 0.717) is 13.0 Å². The highest BCUT2D eigenvalue weighted by molar-refractivity contribution is 5.76. The molecular weight excluding hydrogens is 182 g/mol. The van der Waals surface area contributed by atoms with Crippen molar-refractivity contribution < 1.29 is 14.3 Å². The molecule has 14 heavy (non-hydrogen) atoms. The molecule has 1 atom stereocenters. The van der Waals surface area contributed by atoms with Gasteiger partial charge in [-0.25, -0.2) is 0 Å². The van der Waals surface area contributed by atoms with Crippen LogP contribution in [-0.2, 0) is 14.3 Å². The van der Waals surface area contributed by atoms with Crippen LogP contribution in [0.25, 0.3) is 0 Å². The zero-order valence-corrected chi connectivity index (χ0v) is 9.50. The molecule has 4 nitrogen and oxygen atoms in total. The summed E-state index contributed by atoms with van der Waals surface area (Å²) in [6, 6.07) is 0. The van der Waals surface area contributed by atoms with Crippen LogP contribution in [0.5, 0.6) is 0 Å². The average Bonchev–Trinajstić information content (AvgIpc) is 2.15. The third-order valence-electron chi connectivity index (χ3n) is 2.23. The molecule has 0 aromatic heterocycles. The maximum Gasteiger partial charge on any atom is 0.312 e. The number of nitrogens with two attached hydrogens (primary N) is 1. The number of esters is 1. The lowest BCUT2D eigenvalue weighted by atomic mass is 9.87. The molecule has 0 saturated carbocycles. The Morgan fingerprint density at radius 2 is 2.07 bits per heavy atom. The van der Waals surface area contributed by atoms with E-state index < -0.39 is 5.41 Å². The van der Waals surface area contributed by atoms with E-state index in [-0.39, 0.29) is 18.6 Å². The molecule has 0 amide bonds. The van der Waals surface area contributed by atoms with Gasteiger partial charge in [-0.05, 0) is 27.2 Å². The van der Waals surface area contributed by atoms with Crippen LogP contribution in [0.4, 0.5) is 0 Å². The summed E-state index contributed by atoms with van der Waals surface area (Å²) < 4.78 is 10.1. The summed E-state index contributed by atoms with van der Waals surface area (Å²) in [5.41, 5.74) is 4.92. The molecule has 0 fully saturated rings. The van der Waals surface area contributed by atoms with Gasteiger partial charge in [0.1, 0.15) is 0 Å². The molecule has 1 unspecified atom stereocenters. The van der Waals surface area contributed by atoms with E-state index in [2.05, 4.69) is 4.74 Å². The number of carbonyl (C=O) groups is 1. The smallest absolute Gasteiger partial charge is 0.312 e. The van der Waals surface area contributed by atoms with Crippen LogP contribution in [0.15, 0.2) is 0 Å². The van der Waals surface area contributed by atoms with E-state index >= 15 is 0 Å². The van der Waals surface area contributed by atoms with Crippen molar-refractivity contribution in [1.82, 2.24) is 0 Å². The first-order valence-corrected chi connectivity index (χ1v) is 4.86. The van der Waals surface area contributed by atoms with Gasteiger partial charge in [0.05, 0.1) is 18.6 Å². The molecule has 2 N–H and O–H groups in total. The molecule has 0 saturated heterocycles. The van der Waals surface area contributed by atoms with Gasteiger partial charge in [0.25, 0.3) is 0 Å². The van der Waals surface area contributed by atoms with Crippen LogP contribution in [0.2, 0.25) is 0 Å². The van der Waals surface area contributed by atoms with Crippen molar-refractivity contribution in [3.63, 3.8) is 0 Å². The lowest BCUT2D eigenvalue weighted by Crippen LogP contribution is -2.38. The number of methoxy groups -OCH3 is 1. The van der Waals surface area contributed by atoms with Crippen molar-refractivity contribution in [2.24, 2.45) is 11.1 Å². The van der Waals surface area contributed by atoms with Gasteiger partial charge < -0.3 is 15.2 Å². The van der Waals surface area contributed by atoms with Gasteiger partial charge in [-0.2, -0.15) is 0 Å². The quantitative estimate of drug-likeness (QED) is 0.653. The topological polar surface area (TPSA) is 61.5 Å². The average molecular weight is 203 g/mol. The van der Waals surface area contributed by atoms with Crippen molar-refractivity contribution >= 4 is 5.97 Å². The molecule has 0 spiro atoms. The summed E-state index contributed by atoms with van der Waals surface area (Å²) >= 11 is 0. The minimum atomic E-state index is -0.621. The Morgan fingerprint density at radius 1 is 1.50 bits per heavy atom. The normalized spacial score (nSPS) is 15.3. The highest BCUT2D eigenvalue weighted by Crippen LogP contribution is 2.21. The third kappa shape index (κ3) is 4.07. The van der Waals surface area contributed by atoms with E-state index in [0.717, 1.165) is 0 Å². The molecule has 0 bridgehead atoms.